The lowest BCUT2D eigenvalue weighted by molar-refractivity contribution is -0.139. The van der Waals surface area contributed by atoms with Crippen molar-refractivity contribution in [1.29, 1.82) is 0 Å². The van der Waals surface area contributed by atoms with Gasteiger partial charge in [-0.2, -0.15) is 0 Å². The van der Waals surface area contributed by atoms with Crippen LogP contribution in [0.4, 0.5) is 0 Å². The van der Waals surface area contributed by atoms with E-state index in [1.807, 2.05) is 23.1 Å². The van der Waals surface area contributed by atoms with Crippen LogP contribution >= 0.6 is 22.9 Å². The van der Waals surface area contributed by atoms with Crippen molar-refractivity contribution < 1.29 is 29.0 Å². The van der Waals surface area contributed by atoms with Crippen molar-refractivity contribution in [3.8, 4) is 16.2 Å². The van der Waals surface area contributed by atoms with E-state index in [2.05, 4.69) is 6.07 Å². The fourth-order valence-corrected chi connectivity index (χ4v) is 5.55. The third kappa shape index (κ3) is 7.70. The Bertz CT molecular complexity index is 1050. The van der Waals surface area contributed by atoms with Gasteiger partial charge in [-0.3, -0.25) is 4.79 Å². The number of esters is 1. The van der Waals surface area contributed by atoms with Gasteiger partial charge in [-0.05, 0) is 69.9 Å². The molecular formula is C26H32ClNO6S. The van der Waals surface area contributed by atoms with Crippen LogP contribution in [-0.2, 0) is 20.7 Å². The number of likely N-dealkylation sites (tertiary alicyclic amines) is 1. The zero-order valence-electron chi connectivity index (χ0n) is 20.3. The van der Waals surface area contributed by atoms with E-state index in [0.717, 1.165) is 74.1 Å². The fraction of sp³-hybridized carbons (Fsp3) is 0.500. The molecule has 2 aromatic rings. The lowest BCUT2D eigenvalue weighted by Crippen LogP contribution is -2.32. The lowest BCUT2D eigenvalue weighted by Gasteiger charge is -2.29. The maximum Gasteiger partial charge on any atom is 0.352 e. The number of aliphatic carboxylic acids is 1. The van der Waals surface area contributed by atoms with Crippen LogP contribution in [0.5, 0.6) is 5.75 Å². The highest BCUT2D eigenvalue weighted by molar-refractivity contribution is 7.18. The number of aryl methyl sites for hydroxylation is 1. The van der Waals surface area contributed by atoms with E-state index in [0.29, 0.717) is 10.8 Å². The number of benzene rings is 1. The summed E-state index contributed by atoms with van der Waals surface area (Å²) in [6, 6.07) is 7.98. The minimum atomic E-state index is -1.16. The first-order chi connectivity index (χ1) is 16.6. The number of piperidine rings is 1. The number of hydrogen-bond donors (Lipinski definition) is 1. The highest BCUT2D eigenvalue weighted by Gasteiger charge is 2.29. The Kier molecular flexibility index (Phi) is 9.19. The number of rotatable bonds is 10. The molecule has 0 atom stereocenters. The van der Waals surface area contributed by atoms with Crippen molar-refractivity contribution >= 4 is 41.3 Å². The molecule has 3 rings (SSSR count). The number of ether oxygens (including phenoxy) is 2. The molecule has 0 spiro atoms. The third-order valence-corrected chi connectivity index (χ3v) is 7.47. The molecule has 2 heterocycles. The van der Waals surface area contributed by atoms with Gasteiger partial charge in [-0.1, -0.05) is 35.9 Å². The fourth-order valence-electron chi connectivity index (χ4n) is 4.11. The normalized spacial score (nSPS) is 14.6. The summed E-state index contributed by atoms with van der Waals surface area (Å²) >= 11 is 7.74. The first-order valence-electron chi connectivity index (χ1n) is 11.8. The highest BCUT2D eigenvalue weighted by Crippen LogP contribution is 2.46. The molecule has 1 saturated heterocycles. The number of carbonyl (C=O) groups excluding carboxylic acids is 2. The molecule has 7 nitrogen and oxygen atoms in total. The summed E-state index contributed by atoms with van der Waals surface area (Å²) in [5.41, 5.74) is 1.28. The molecule has 1 amide bonds. The molecular weight excluding hydrogens is 490 g/mol. The Morgan fingerprint density at radius 2 is 1.97 bits per heavy atom. The largest absolute Gasteiger partial charge is 0.479 e. The van der Waals surface area contributed by atoms with E-state index < -0.39 is 24.1 Å². The molecule has 1 fully saturated rings. The van der Waals surface area contributed by atoms with Crippen molar-refractivity contribution in [3.05, 3.63) is 39.7 Å². The average Bonchev–Trinajstić information content (AvgIpc) is 3.13. The van der Waals surface area contributed by atoms with Crippen LogP contribution in [0.3, 0.4) is 0 Å². The number of carboxylic acid groups (broad SMARTS) is 1. The van der Waals surface area contributed by atoms with Crippen LogP contribution in [0.25, 0.3) is 10.4 Å². The van der Waals surface area contributed by atoms with Crippen LogP contribution in [0, 0.1) is 5.92 Å². The summed E-state index contributed by atoms with van der Waals surface area (Å²) in [4.78, 5) is 37.4. The maximum atomic E-state index is 12.8. The Balaban J connectivity index is 1.75. The van der Waals surface area contributed by atoms with Gasteiger partial charge in [0.05, 0.1) is 4.88 Å². The molecule has 1 N–H and O–H groups in total. The number of halogens is 1. The van der Waals surface area contributed by atoms with E-state index in [1.54, 1.807) is 20.8 Å². The van der Waals surface area contributed by atoms with E-state index in [4.69, 9.17) is 26.2 Å². The van der Waals surface area contributed by atoms with Gasteiger partial charge in [0.2, 0.25) is 6.41 Å². The van der Waals surface area contributed by atoms with Crippen LogP contribution in [0.2, 0.25) is 5.02 Å². The van der Waals surface area contributed by atoms with Crippen molar-refractivity contribution in [2.45, 2.75) is 58.5 Å². The molecule has 1 aromatic heterocycles. The molecule has 35 heavy (non-hydrogen) atoms. The minimum Gasteiger partial charge on any atom is -0.479 e. The second kappa shape index (κ2) is 11.9. The van der Waals surface area contributed by atoms with Gasteiger partial charge in [-0.15, -0.1) is 11.3 Å². The van der Waals surface area contributed by atoms with E-state index in [1.165, 1.54) is 0 Å². The first kappa shape index (κ1) is 27.0. The van der Waals surface area contributed by atoms with Gasteiger partial charge in [0.15, 0.2) is 17.2 Å². The van der Waals surface area contributed by atoms with E-state index >= 15 is 0 Å². The van der Waals surface area contributed by atoms with Crippen LogP contribution in [0.15, 0.2) is 24.3 Å². The van der Waals surface area contributed by atoms with Gasteiger partial charge >= 0.3 is 11.9 Å². The van der Waals surface area contributed by atoms with Crippen molar-refractivity contribution in [2.75, 3.05) is 19.7 Å². The minimum absolute atomic E-state index is 0.0374. The number of thiophene rings is 1. The summed E-state index contributed by atoms with van der Waals surface area (Å²) in [6.45, 7) is 6.34. The van der Waals surface area contributed by atoms with Gasteiger partial charge in [0.25, 0.3) is 0 Å². The van der Waals surface area contributed by atoms with E-state index in [9.17, 15) is 14.4 Å². The Labute approximate surface area is 215 Å². The van der Waals surface area contributed by atoms with Crippen LogP contribution < -0.4 is 4.74 Å². The Morgan fingerprint density at radius 1 is 1.26 bits per heavy atom. The molecule has 1 aromatic carbocycles. The quantitative estimate of drug-likeness (QED) is 0.319. The first-order valence-corrected chi connectivity index (χ1v) is 13.0. The molecule has 0 radical (unpaired) electrons. The second-order valence-corrected chi connectivity index (χ2v) is 11.2. The van der Waals surface area contributed by atoms with Crippen LogP contribution in [0.1, 0.15) is 61.7 Å². The SMILES string of the molecule is CC(C)(C)OC(=O)c1sc(-c2cccc(CCCC3CCN(C=O)CC3)c2)c(Cl)c1OCC(=O)O. The predicted octanol–water partition coefficient (Wildman–Crippen LogP) is 5.68. The molecule has 1 aliphatic heterocycles. The van der Waals surface area contributed by atoms with Crippen LogP contribution in [-0.4, -0.2) is 53.7 Å². The molecule has 0 unspecified atom stereocenters. The number of hydrogen-bond acceptors (Lipinski definition) is 6. The Hall–Kier alpha value is -2.58. The summed E-state index contributed by atoms with van der Waals surface area (Å²) in [6.07, 6.45) is 6.11. The molecule has 1 aliphatic rings. The van der Waals surface area contributed by atoms with Crippen molar-refractivity contribution in [1.82, 2.24) is 4.90 Å². The van der Waals surface area contributed by atoms with Gasteiger partial charge < -0.3 is 19.5 Å². The second-order valence-electron chi connectivity index (χ2n) is 9.77. The van der Waals surface area contributed by atoms with Crippen molar-refractivity contribution in [3.63, 3.8) is 0 Å². The number of carboxylic acids is 1. The molecule has 190 valence electrons. The zero-order valence-corrected chi connectivity index (χ0v) is 21.9. The number of amides is 1. The number of carbonyl (C=O) groups is 3. The third-order valence-electron chi connectivity index (χ3n) is 5.80. The topological polar surface area (TPSA) is 93.1 Å². The summed E-state index contributed by atoms with van der Waals surface area (Å²) in [5, 5.41) is 9.25. The highest BCUT2D eigenvalue weighted by atomic mass is 35.5. The maximum absolute atomic E-state index is 12.8. The predicted molar refractivity (Wildman–Crippen MR) is 136 cm³/mol. The molecule has 9 heteroatoms. The van der Waals surface area contributed by atoms with E-state index in [-0.39, 0.29) is 15.6 Å². The average molecular weight is 522 g/mol. The zero-order chi connectivity index (χ0) is 25.6. The molecule has 0 bridgehead atoms. The van der Waals surface area contributed by atoms with Gasteiger partial charge in [0, 0.05) is 13.1 Å². The van der Waals surface area contributed by atoms with Gasteiger partial charge in [-0.25, -0.2) is 9.59 Å². The standard InChI is InChI=1S/C26H32ClNO6S/c1-26(2,3)34-25(32)24-22(33-15-20(30)31)21(27)23(35-24)19-9-5-8-18(14-19)7-4-6-17-10-12-28(16-29)13-11-17/h5,8-9,14,16-17H,4,6-7,10-13,15H2,1-3H3,(H,30,31). The summed E-state index contributed by atoms with van der Waals surface area (Å²) in [7, 11) is 0. The monoisotopic (exact) mass is 521 g/mol. The Morgan fingerprint density at radius 3 is 2.60 bits per heavy atom. The molecule has 0 saturated carbocycles. The number of nitrogens with zero attached hydrogens (tertiary/aromatic N) is 1. The summed E-state index contributed by atoms with van der Waals surface area (Å²) in [5.74, 6) is -1.09. The smallest absolute Gasteiger partial charge is 0.352 e. The lowest BCUT2D eigenvalue weighted by atomic mass is 9.91. The summed E-state index contributed by atoms with van der Waals surface area (Å²) < 4.78 is 10.9. The molecule has 0 aliphatic carbocycles. The van der Waals surface area contributed by atoms with Crippen molar-refractivity contribution in [2.24, 2.45) is 5.92 Å². The van der Waals surface area contributed by atoms with Gasteiger partial charge in [0.1, 0.15) is 10.6 Å².